The second-order valence-corrected chi connectivity index (χ2v) is 25.0. The quantitative estimate of drug-likeness (QED) is 0.153. The standard InChI is InChI=1S/C48H37GeN3O/c1-49(2,3)42-31-37(28-29-38(42)33-18-9-5-10-19-33)47-50-46(34-20-11-6-12-21-34)51-48(52-47)41-26-15-27-43-44(41)40-25-14-24-39(45(40)53-43)36-23-13-22-35(30-36)32-16-7-4-8-17-32/h4-31H,1-3H3. The molecule has 0 fully saturated rings. The Hall–Kier alpha value is -6.11. The van der Waals surface area contributed by atoms with Crippen molar-refractivity contribution in [1.82, 2.24) is 15.0 Å². The first-order valence-electron chi connectivity index (χ1n) is 18.0. The molecule has 0 unspecified atom stereocenters. The van der Waals surface area contributed by atoms with Crippen molar-refractivity contribution in [2.24, 2.45) is 0 Å². The van der Waals surface area contributed by atoms with E-state index in [-0.39, 0.29) is 0 Å². The molecule has 53 heavy (non-hydrogen) atoms. The molecule has 0 atom stereocenters. The summed E-state index contributed by atoms with van der Waals surface area (Å²) in [6.45, 7) is 0. The molecule has 0 bridgehead atoms. The summed E-state index contributed by atoms with van der Waals surface area (Å²) in [5.41, 5.74) is 11.5. The van der Waals surface area contributed by atoms with Gasteiger partial charge in [-0.3, -0.25) is 0 Å². The van der Waals surface area contributed by atoms with Crippen LogP contribution in [0.2, 0.25) is 17.3 Å². The topological polar surface area (TPSA) is 51.8 Å². The molecule has 2 heterocycles. The van der Waals surface area contributed by atoms with Gasteiger partial charge in [-0.25, -0.2) is 0 Å². The van der Waals surface area contributed by atoms with E-state index in [9.17, 15) is 0 Å². The van der Waals surface area contributed by atoms with Crippen LogP contribution in [0.15, 0.2) is 174 Å². The molecule has 0 saturated heterocycles. The molecule has 0 amide bonds. The van der Waals surface area contributed by atoms with Crippen LogP contribution in [0.25, 0.3) is 89.5 Å². The van der Waals surface area contributed by atoms with Gasteiger partial charge in [0, 0.05) is 0 Å². The molecular weight excluding hydrogens is 707 g/mol. The van der Waals surface area contributed by atoms with Crippen molar-refractivity contribution in [3.8, 4) is 67.5 Å². The third-order valence-electron chi connectivity index (χ3n) is 9.88. The van der Waals surface area contributed by atoms with Crippen molar-refractivity contribution < 1.29 is 4.42 Å². The fourth-order valence-electron chi connectivity index (χ4n) is 7.27. The average molecular weight is 744 g/mol. The van der Waals surface area contributed by atoms with E-state index < -0.39 is 13.3 Å². The third kappa shape index (κ3) is 6.25. The molecule has 0 radical (unpaired) electrons. The third-order valence-corrected chi connectivity index (χ3v) is 14.1. The summed E-state index contributed by atoms with van der Waals surface area (Å²) >= 11 is -2.36. The van der Waals surface area contributed by atoms with E-state index in [1.54, 1.807) is 0 Å². The fourth-order valence-corrected chi connectivity index (χ4v) is 10.7. The summed E-state index contributed by atoms with van der Waals surface area (Å²) < 4.78 is 8.14. The van der Waals surface area contributed by atoms with Crippen LogP contribution in [-0.2, 0) is 0 Å². The van der Waals surface area contributed by atoms with Crippen molar-refractivity contribution >= 4 is 39.6 Å². The number of para-hydroxylation sites is 1. The SMILES string of the molecule is [CH3][Ge]([CH3])([CH3])[c]1cc(-c2nc(-c3ccccc3)nc(-c3cccc4oc5c(-c6cccc(-c7ccccc7)c6)cccc5c34)n2)ccc1-c1ccccc1. The second kappa shape index (κ2) is 13.5. The molecule has 254 valence electrons. The zero-order chi connectivity index (χ0) is 35.9. The van der Waals surface area contributed by atoms with Gasteiger partial charge >= 0.3 is 248 Å². The molecule has 2 aromatic heterocycles. The van der Waals surface area contributed by atoms with E-state index >= 15 is 0 Å². The fraction of sp³-hybridized carbons (Fsp3) is 0.0625. The van der Waals surface area contributed by atoms with Crippen molar-refractivity contribution in [2.75, 3.05) is 0 Å². The van der Waals surface area contributed by atoms with Crippen molar-refractivity contribution in [3.63, 3.8) is 0 Å². The number of nitrogens with zero attached hydrogens (tertiary/aromatic N) is 3. The van der Waals surface area contributed by atoms with Gasteiger partial charge in [-0.15, -0.1) is 0 Å². The van der Waals surface area contributed by atoms with Gasteiger partial charge in [-0.2, -0.15) is 0 Å². The molecule has 0 saturated carbocycles. The molecule has 0 spiro atoms. The van der Waals surface area contributed by atoms with Gasteiger partial charge in [-0.05, 0) is 17.2 Å². The van der Waals surface area contributed by atoms with E-state index in [4.69, 9.17) is 19.4 Å². The van der Waals surface area contributed by atoms with Crippen LogP contribution in [0.4, 0.5) is 0 Å². The Morgan fingerprint density at radius 2 is 0.962 bits per heavy atom. The van der Waals surface area contributed by atoms with Crippen LogP contribution in [0.3, 0.4) is 0 Å². The molecule has 7 aromatic carbocycles. The number of aromatic nitrogens is 3. The average Bonchev–Trinajstić information content (AvgIpc) is 3.60. The molecular formula is C48H37GeN3O. The van der Waals surface area contributed by atoms with Gasteiger partial charge in [-0.1, -0.05) is 48.5 Å². The molecule has 0 aliphatic heterocycles. The maximum absolute atomic E-state index is 6.72. The molecule has 4 nitrogen and oxygen atoms in total. The zero-order valence-corrected chi connectivity index (χ0v) is 32.0. The molecule has 0 aliphatic carbocycles. The normalized spacial score (nSPS) is 11.7. The number of hydrogen-bond donors (Lipinski definition) is 0. The zero-order valence-electron chi connectivity index (χ0n) is 29.9. The van der Waals surface area contributed by atoms with Crippen LogP contribution >= 0.6 is 0 Å². The van der Waals surface area contributed by atoms with E-state index in [2.05, 4.69) is 151 Å². The number of fused-ring (bicyclic) bond motifs is 3. The predicted molar refractivity (Wildman–Crippen MR) is 223 cm³/mol. The van der Waals surface area contributed by atoms with E-state index in [1.165, 1.54) is 21.1 Å². The van der Waals surface area contributed by atoms with Gasteiger partial charge in [0.2, 0.25) is 0 Å². The Kier molecular flexibility index (Phi) is 8.32. The first-order chi connectivity index (χ1) is 25.9. The minimum atomic E-state index is -2.36. The monoisotopic (exact) mass is 745 g/mol. The van der Waals surface area contributed by atoms with Crippen LogP contribution < -0.4 is 4.40 Å². The number of rotatable bonds is 7. The summed E-state index contributed by atoms with van der Waals surface area (Å²) in [6, 6.07) is 59.3. The van der Waals surface area contributed by atoms with Crippen LogP contribution in [0.5, 0.6) is 0 Å². The Morgan fingerprint density at radius 1 is 0.396 bits per heavy atom. The maximum atomic E-state index is 6.72. The van der Waals surface area contributed by atoms with Crippen molar-refractivity contribution in [2.45, 2.75) is 17.3 Å². The molecule has 0 N–H and O–H groups in total. The molecule has 5 heteroatoms. The van der Waals surface area contributed by atoms with Crippen LogP contribution in [0.1, 0.15) is 0 Å². The van der Waals surface area contributed by atoms with Crippen molar-refractivity contribution in [3.05, 3.63) is 170 Å². The van der Waals surface area contributed by atoms with Gasteiger partial charge in [0.05, 0.1) is 0 Å². The van der Waals surface area contributed by atoms with Gasteiger partial charge in [0.15, 0.2) is 0 Å². The molecule has 0 aliphatic rings. The van der Waals surface area contributed by atoms with E-state index in [0.717, 1.165) is 55.3 Å². The van der Waals surface area contributed by atoms with Gasteiger partial charge in [0.1, 0.15) is 0 Å². The summed E-state index contributed by atoms with van der Waals surface area (Å²) in [5.74, 6) is 9.23. The summed E-state index contributed by atoms with van der Waals surface area (Å²) in [7, 11) is 0. The van der Waals surface area contributed by atoms with Crippen LogP contribution in [-0.4, -0.2) is 28.2 Å². The first kappa shape index (κ1) is 32.8. The predicted octanol–water partition coefficient (Wildman–Crippen LogP) is 12.3. The molecule has 9 aromatic rings. The summed E-state index contributed by atoms with van der Waals surface area (Å²) in [4.78, 5) is 15.5. The second-order valence-electron chi connectivity index (χ2n) is 14.5. The van der Waals surface area contributed by atoms with Crippen LogP contribution in [0, 0.1) is 0 Å². The Morgan fingerprint density at radius 3 is 1.68 bits per heavy atom. The Bertz CT molecular complexity index is 2750. The van der Waals surface area contributed by atoms with Crippen molar-refractivity contribution in [1.29, 1.82) is 0 Å². The minimum absolute atomic E-state index is 0.615. The Balaban J connectivity index is 1.23. The summed E-state index contributed by atoms with van der Waals surface area (Å²) in [5, 5.41) is 2.02. The Labute approximate surface area is 312 Å². The van der Waals surface area contributed by atoms with E-state index in [1.807, 2.05) is 36.4 Å². The first-order valence-corrected chi connectivity index (χ1v) is 25.4. The van der Waals surface area contributed by atoms with Gasteiger partial charge < -0.3 is 0 Å². The number of hydrogen-bond acceptors (Lipinski definition) is 4. The van der Waals surface area contributed by atoms with Gasteiger partial charge in [0.25, 0.3) is 0 Å². The van der Waals surface area contributed by atoms with E-state index in [0.29, 0.717) is 17.5 Å². The number of furan rings is 1. The summed E-state index contributed by atoms with van der Waals surface area (Å²) in [6.07, 6.45) is 0. The number of benzene rings is 7. The molecule has 9 rings (SSSR count).